The van der Waals surface area contributed by atoms with E-state index in [-0.39, 0.29) is 17.1 Å². The number of rotatable bonds is 2. The SMILES string of the molecule is CC(=O)Oc1cccc2c1C(O)(C(C)=O)C(=O)O2. The number of hydrogen-bond acceptors (Lipinski definition) is 6. The maximum absolute atomic E-state index is 11.6. The smallest absolute Gasteiger partial charge is 0.356 e. The maximum Gasteiger partial charge on any atom is 0.356 e. The number of hydrogen-bond donors (Lipinski definition) is 1. The summed E-state index contributed by atoms with van der Waals surface area (Å²) in [4.78, 5) is 34.0. The van der Waals surface area contributed by atoms with Crippen molar-refractivity contribution in [3.8, 4) is 11.5 Å². The zero-order valence-electron chi connectivity index (χ0n) is 9.72. The molecule has 1 N–H and O–H groups in total. The maximum atomic E-state index is 11.6. The minimum absolute atomic E-state index is 0.0106. The van der Waals surface area contributed by atoms with Crippen molar-refractivity contribution in [3.05, 3.63) is 23.8 Å². The molecule has 1 aliphatic rings. The highest BCUT2D eigenvalue weighted by atomic mass is 16.6. The zero-order chi connectivity index (χ0) is 13.5. The van der Waals surface area contributed by atoms with Crippen molar-refractivity contribution >= 4 is 17.7 Å². The van der Waals surface area contributed by atoms with Crippen molar-refractivity contribution in [2.24, 2.45) is 0 Å². The van der Waals surface area contributed by atoms with Gasteiger partial charge in [-0.05, 0) is 19.1 Å². The third-order valence-corrected chi connectivity index (χ3v) is 2.61. The van der Waals surface area contributed by atoms with Crippen LogP contribution in [0.1, 0.15) is 19.4 Å². The van der Waals surface area contributed by atoms with Gasteiger partial charge in [0.1, 0.15) is 11.5 Å². The van der Waals surface area contributed by atoms with Crippen LogP contribution in [0.25, 0.3) is 0 Å². The first-order valence-electron chi connectivity index (χ1n) is 5.15. The quantitative estimate of drug-likeness (QED) is 0.461. The number of ether oxygens (including phenoxy) is 2. The molecule has 1 heterocycles. The van der Waals surface area contributed by atoms with Crippen LogP contribution in [0.3, 0.4) is 0 Å². The molecule has 2 rings (SSSR count). The summed E-state index contributed by atoms with van der Waals surface area (Å²) in [5, 5.41) is 10.2. The van der Waals surface area contributed by atoms with Gasteiger partial charge >= 0.3 is 11.9 Å². The molecule has 0 fully saturated rings. The summed E-state index contributed by atoms with van der Waals surface area (Å²) in [6.45, 7) is 2.23. The molecule has 1 aromatic rings. The van der Waals surface area contributed by atoms with Crippen LogP contribution >= 0.6 is 0 Å². The Hall–Kier alpha value is -2.21. The molecule has 1 aromatic carbocycles. The van der Waals surface area contributed by atoms with E-state index in [9.17, 15) is 19.5 Å². The number of aliphatic hydroxyl groups is 1. The van der Waals surface area contributed by atoms with Crippen LogP contribution in [-0.4, -0.2) is 22.8 Å². The molecule has 1 aliphatic heterocycles. The fourth-order valence-electron chi connectivity index (χ4n) is 1.79. The first kappa shape index (κ1) is 12.3. The first-order valence-corrected chi connectivity index (χ1v) is 5.15. The Kier molecular flexibility index (Phi) is 2.67. The number of ketones is 1. The normalized spacial score (nSPS) is 21.2. The number of Topliss-reactive ketones (excluding diaryl/α,β-unsaturated/α-hetero) is 1. The monoisotopic (exact) mass is 250 g/mol. The lowest BCUT2D eigenvalue weighted by Crippen LogP contribution is -2.40. The summed E-state index contributed by atoms with van der Waals surface area (Å²) in [5.41, 5.74) is -2.54. The van der Waals surface area contributed by atoms with E-state index in [4.69, 9.17) is 9.47 Å². The largest absolute Gasteiger partial charge is 0.426 e. The lowest BCUT2D eigenvalue weighted by Gasteiger charge is -2.17. The Morgan fingerprint density at radius 1 is 1.33 bits per heavy atom. The molecule has 0 saturated carbocycles. The molecule has 1 unspecified atom stereocenters. The number of esters is 2. The lowest BCUT2D eigenvalue weighted by atomic mass is 9.91. The van der Waals surface area contributed by atoms with Crippen LogP contribution in [0.5, 0.6) is 11.5 Å². The van der Waals surface area contributed by atoms with Crippen molar-refractivity contribution in [2.45, 2.75) is 19.4 Å². The summed E-state index contributed by atoms with van der Waals surface area (Å²) in [6.07, 6.45) is 0. The van der Waals surface area contributed by atoms with Gasteiger partial charge in [0, 0.05) is 6.92 Å². The Labute approximate surface area is 102 Å². The highest BCUT2D eigenvalue weighted by Crippen LogP contribution is 2.44. The van der Waals surface area contributed by atoms with E-state index in [0.717, 1.165) is 6.92 Å². The molecular weight excluding hydrogens is 240 g/mol. The van der Waals surface area contributed by atoms with Crippen molar-refractivity contribution in [2.75, 3.05) is 0 Å². The molecule has 0 amide bonds. The third-order valence-electron chi connectivity index (χ3n) is 2.61. The van der Waals surface area contributed by atoms with E-state index in [2.05, 4.69) is 0 Å². The molecule has 94 valence electrons. The second-order valence-corrected chi connectivity index (χ2v) is 3.88. The van der Waals surface area contributed by atoms with Crippen LogP contribution in [0.2, 0.25) is 0 Å². The van der Waals surface area contributed by atoms with Gasteiger partial charge in [-0.1, -0.05) is 6.07 Å². The average molecular weight is 250 g/mol. The summed E-state index contributed by atoms with van der Waals surface area (Å²) in [6, 6.07) is 4.26. The van der Waals surface area contributed by atoms with Gasteiger partial charge in [-0.2, -0.15) is 0 Å². The van der Waals surface area contributed by atoms with Gasteiger partial charge in [-0.3, -0.25) is 9.59 Å². The fraction of sp³-hybridized carbons (Fsp3) is 0.250. The second-order valence-electron chi connectivity index (χ2n) is 3.88. The van der Waals surface area contributed by atoms with Gasteiger partial charge < -0.3 is 14.6 Å². The van der Waals surface area contributed by atoms with Crippen LogP contribution in [0, 0.1) is 0 Å². The van der Waals surface area contributed by atoms with E-state index in [1.807, 2.05) is 0 Å². The fourth-order valence-corrected chi connectivity index (χ4v) is 1.79. The minimum Gasteiger partial charge on any atom is -0.426 e. The van der Waals surface area contributed by atoms with Crippen molar-refractivity contribution in [1.29, 1.82) is 0 Å². The van der Waals surface area contributed by atoms with E-state index in [1.54, 1.807) is 0 Å². The molecule has 0 saturated heterocycles. The number of carbonyl (C=O) groups excluding carboxylic acids is 3. The molecule has 0 radical (unpaired) electrons. The van der Waals surface area contributed by atoms with E-state index in [0.29, 0.717) is 0 Å². The number of fused-ring (bicyclic) bond motifs is 1. The highest BCUT2D eigenvalue weighted by Gasteiger charge is 2.54. The molecule has 0 bridgehead atoms. The molecule has 1 atom stereocenters. The summed E-state index contributed by atoms with van der Waals surface area (Å²) in [5.74, 6) is -2.58. The molecule has 6 heteroatoms. The summed E-state index contributed by atoms with van der Waals surface area (Å²) in [7, 11) is 0. The van der Waals surface area contributed by atoms with Crippen molar-refractivity contribution < 1.29 is 29.0 Å². The summed E-state index contributed by atoms with van der Waals surface area (Å²) < 4.78 is 9.67. The molecule has 0 aromatic heterocycles. The molecule has 0 aliphatic carbocycles. The standard InChI is InChI=1S/C12H10O6/c1-6(13)12(16)10-8(17-7(2)14)4-3-5-9(10)18-11(12)15/h3-5,16H,1-2H3. The molecule has 18 heavy (non-hydrogen) atoms. The van der Waals surface area contributed by atoms with Gasteiger partial charge in [-0.25, -0.2) is 4.79 Å². The van der Waals surface area contributed by atoms with Gasteiger partial charge in [0.2, 0.25) is 0 Å². The second kappa shape index (κ2) is 3.92. The van der Waals surface area contributed by atoms with Crippen LogP contribution in [0.4, 0.5) is 0 Å². The van der Waals surface area contributed by atoms with Crippen molar-refractivity contribution in [3.63, 3.8) is 0 Å². The number of benzene rings is 1. The molecular formula is C12H10O6. The Morgan fingerprint density at radius 3 is 2.56 bits per heavy atom. The predicted octanol–water partition coefficient (Wildman–Crippen LogP) is 0.307. The van der Waals surface area contributed by atoms with Crippen molar-refractivity contribution in [1.82, 2.24) is 0 Å². The van der Waals surface area contributed by atoms with E-state index in [1.165, 1.54) is 25.1 Å². The van der Waals surface area contributed by atoms with Crippen LogP contribution in [0.15, 0.2) is 18.2 Å². The number of carbonyl (C=O) groups is 3. The van der Waals surface area contributed by atoms with Crippen LogP contribution in [-0.2, 0) is 20.0 Å². The predicted molar refractivity (Wildman–Crippen MR) is 58.0 cm³/mol. The molecule has 6 nitrogen and oxygen atoms in total. The summed E-state index contributed by atoms with van der Waals surface area (Å²) >= 11 is 0. The topological polar surface area (TPSA) is 89.9 Å². The highest BCUT2D eigenvalue weighted by molar-refractivity contribution is 6.11. The van der Waals surface area contributed by atoms with E-state index >= 15 is 0 Å². The third kappa shape index (κ3) is 1.58. The van der Waals surface area contributed by atoms with Crippen LogP contribution < -0.4 is 9.47 Å². The molecule has 0 spiro atoms. The van der Waals surface area contributed by atoms with Gasteiger partial charge in [0.25, 0.3) is 5.60 Å². The minimum atomic E-state index is -2.42. The van der Waals surface area contributed by atoms with Gasteiger partial charge in [0.05, 0.1) is 5.56 Å². The Morgan fingerprint density at radius 2 is 2.00 bits per heavy atom. The first-order chi connectivity index (χ1) is 8.37. The lowest BCUT2D eigenvalue weighted by molar-refractivity contribution is -0.159. The average Bonchev–Trinajstić information content (AvgIpc) is 2.52. The van der Waals surface area contributed by atoms with E-state index < -0.39 is 23.3 Å². The Bertz CT molecular complexity index is 562. The van der Waals surface area contributed by atoms with Gasteiger partial charge in [-0.15, -0.1) is 0 Å². The zero-order valence-corrected chi connectivity index (χ0v) is 9.72. The van der Waals surface area contributed by atoms with Gasteiger partial charge in [0.15, 0.2) is 5.78 Å². The Balaban J connectivity index is 2.65.